The van der Waals surface area contributed by atoms with Crippen LogP contribution in [0.1, 0.15) is 29.6 Å². The van der Waals surface area contributed by atoms with Gasteiger partial charge in [0.15, 0.2) is 0 Å². The number of aryl methyl sites for hydroxylation is 1. The van der Waals surface area contributed by atoms with E-state index in [2.05, 4.69) is 36.2 Å². The minimum Gasteiger partial charge on any atom is -0.373 e. The van der Waals surface area contributed by atoms with Crippen molar-refractivity contribution in [2.75, 3.05) is 12.4 Å². The third kappa shape index (κ3) is 2.37. The molecular weight excluding hydrogens is 224 g/mol. The molecule has 2 aromatic heterocycles. The first kappa shape index (κ1) is 12.6. The summed E-state index contributed by atoms with van der Waals surface area (Å²) in [5, 5.41) is 7.64. The fourth-order valence-electron chi connectivity index (χ4n) is 2.26. The fourth-order valence-corrected chi connectivity index (χ4v) is 2.26. The molecule has 0 fully saturated rings. The van der Waals surface area contributed by atoms with Crippen LogP contribution in [0, 0.1) is 13.8 Å². The van der Waals surface area contributed by atoms with Gasteiger partial charge in [0.05, 0.1) is 17.9 Å². The second-order valence-electron chi connectivity index (χ2n) is 4.42. The number of pyridine rings is 1. The molecule has 18 heavy (non-hydrogen) atoms. The largest absolute Gasteiger partial charge is 0.373 e. The van der Waals surface area contributed by atoms with Crippen LogP contribution in [0.3, 0.4) is 0 Å². The van der Waals surface area contributed by atoms with Gasteiger partial charge in [0, 0.05) is 12.7 Å². The molecule has 0 amide bonds. The van der Waals surface area contributed by atoms with Crippen molar-refractivity contribution in [2.24, 2.45) is 0 Å². The van der Waals surface area contributed by atoms with Gasteiger partial charge < -0.3 is 5.32 Å². The third-order valence-corrected chi connectivity index (χ3v) is 3.26. The first-order valence-corrected chi connectivity index (χ1v) is 6.32. The number of nitrogens with zero attached hydrogens (tertiary/aromatic N) is 3. The highest BCUT2D eigenvalue weighted by atomic mass is 15.3. The predicted octanol–water partition coefficient (Wildman–Crippen LogP) is 2.55. The topological polar surface area (TPSA) is 42.7 Å². The molecule has 1 N–H and O–H groups in total. The minimum absolute atomic E-state index is 0.724. The molecule has 4 nitrogen and oxygen atoms in total. The van der Waals surface area contributed by atoms with E-state index in [0.29, 0.717) is 0 Å². The van der Waals surface area contributed by atoms with E-state index in [-0.39, 0.29) is 0 Å². The van der Waals surface area contributed by atoms with Crippen LogP contribution in [0.15, 0.2) is 18.2 Å². The molecule has 0 aromatic carbocycles. The van der Waals surface area contributed by atoms with E-state index in [9.17, 15) is 0 Å². The summed E-state index contributed by atoms with van der Waals surface area (Å²) in [7, 11) is 1.88. The van der Waals surface area contributed by atoms with Crippen LogP contribution in [-0.4, -0.2) is 21.8 Å². The molecule has 2 aromatic rings. The minimum atomic E-state index is 0.724. The highest BCUT2D eigenvalue weighted by Gasteiger charge is 2.10. The molecule has 0 radical (unpaired) electrons. The Morgan fingerprint density at radius 2 is 2.06 bits per heavy atom. The Kier molecular flexibility index (Phi) is 3.65. The van der Waals surface area contributed by atoms with E-state index < -0.39 is 0 Å². The Bertz CT molecular complexity index is 543. The molecule has 0 aliphatic heterocycles. The lowest BCUT2D eigenvalue weighted by atomic mass is 10.1. The van der Waals surface area contributed by atoms with Crippen LogP contribution >= 0.6 is 0 Å². The molecule has 2 rings (SSSR count). The molecule has 0 bridgehead atoms. The van der Waals surface area contributed by atoms with Crippen LogP contribution < -0.4 is 5.32 Å². The summed E-state index contributed by atoms with van der Waals surface area (Å²) in [6.45, 7) is 7.09. The average Bonchev–Trinajstić information content (AvgIpc) is 2.64. The summed E-state index contributed by atoms with van der Waals surface area (Å²) in [6.07, 6.45) is 1.03. The van der Waals surface area contributed by atoms with Gasteiger partial charge in [0.1, 0.15) is 5.82 Å². The van der Waals surface area contributed by atoms with Crippen molar-refractivity contribution in [3.8, 4) is 0 Å². The van der Waals surface area contributed by atoms with Crippen molar-refractivity contribution in [1.29, 1.82) is 0 Å². The SMILES string of the molecule is CCc1c(C)nn(Cc2cccc(NC)n2)c1C. The number of hydrogen-bond acceptors (Lipinski definition) is 3. The van der Waals surface area contributed by atoms with Gasteiger partial charge in [0.2, 0.25) is 0 Å². The molecule has 2 heterocycles. The first-order chi connectivity index (χ1) is 8.65. The second-order valence-corrected chi connectivity index (χ2v) is 4.42. The molecule has 4 heteroatoms. The van der Waals surface area contributed by atoms with Crippen LogP contribution in [-0.2, 0) is 13.0 Å². The normalized spacial score (nSPS) is 10.7. The summed E-state index contributed by atoms with van der Waals surface area (Å²) in [5.41, 5.74) is 4.74. The Hall–Kier alpha value is -1.84. The summed E-state index contributed by atoms with van der Waals surface area (Å²) < 4.78 is 2.04. The predicted molar refractivity (Wildman–Crippen MR) is 74.0 cm³/mol. The number of aromatic nitrogens is 3. The first-order valence-electron chi connectivity index (χ1n) is 6.32. The Labute approximate surface area is 108 Å². The van der Waals surface area contributed by atoms with Gasteiger partial charge in [0.25, 0.3) is 0 Å². The van der Waals surface area contributed by atoms with E-state index in [0.717, 1.165) is 30.2 Å². The van der Waals surface area contributed by atoms with Gasteiger partial charge in [-0.3, -0.25) is 4.68 Å². The van der Waals surface area contributed by atoms with Crippen molar-refractivity contribution < 1.29 is 0 Å². The maximum absolute atomic E-state index is 4.59. The van der Waals surface area contributed by atoms with Crippen molar-refractivity contribution in [2.45, 2.75) is 33.7 Å². The van der Waals surface area contributed by atoms with E-state index in [1.54, 1.807) is 0 Å². The summed E-state index contributed by atoms with van der Waals surface area (Å²) >= 11 is 0. The quantitative estimate of drug-likeness (QED) is 0.898. The zero-order chi connectivity index (χ0) is 13.1. The highest BCUT2D eigenvalue weighted by molar-refractivity contribution is 5.34. The van der Waals surface area contributed by atoms with Crippen molar-refractivity contribution in [3.05, 3.63) is 40.8 Å². The van der Waals surface area contributed by atoms with Crippen LogP contribution in [0.5, 0.6) is 0 Å². The van der Waals surface area contributed by atoms with E-state index in [4.69, 9.17) is 0 Å². The smallest absolute Gasteiger partial charge is 0.126 e. The Morgan fingerprint density at radius 3 is 2.67 bits per heavy atom. The molecule has 0 saturated heterocycles. The number of hydrogen-bond donors (Lipinski definition) is 1. The fraction of sp³-hybridized carbons (Fsp3) is 0.429. The lowest BCUT2D eigenvalue weighted by Crippen LogP contribution is -2.07. The van der Waals surface area contributed by atoms with Gasteiger partial charge in [-0.1, -0.05) is 13.0 Å². The summed E-state index contributed by atoms with van der Waals surface area (Å²) in [6, 6.07) is 6.01. The summed E-state index contributed by atoms with van der Waals surface area (Å²) in [5.74, 6) is 0.893. The van der Waals surface area contributed by atoms with E-state index in [1.807, 2.05) is 29.9 Å². The van der Waals surface area contributed by atoms with Gasteiger partial charge >= 0.3 is 0 Å². The number of rotatable bonds is 4. The van der Waals surface area contributed by atoms with E-state index >= 15 is 0 Å². The highest BCUT2D eigenvalue weighted by Crippen LogP contribution is 2.15. The van der Waals surface area contributed by atoms with Gasteiger partial charge in [-0.25, -0.2) is 4.98 Å². The van der Waals surface area contributed by atoms with Crippen LogP contribution in [0.4, 0.5) is 5.82 Å². The van der Waals surface area contributed by atoms with Crippen molar-refractivity contribution in [3.63, 3.8) is 0 Å². The van der Waals surface area contributed by atoms with Crippen molar-refractivity contribution >= 4 is 5.82 Å². The molecule has 0 aliphatic carbocycles. The second kappa shape index (κ2) is 5.21. The maximum Gasteiger partial charge on any atom is 0.126 e. The molecule has 0 spiro atoms. The van der Waals surface area contributed by atoms with Crippen LogP contribution in [0.2, 0.25) is 0 Å². The van der Waals surface area contributed by atoms with E-state index in [1.165, 1.54) is 11.3 Å². The van der Waals surface area contributed by atoms with Crippen LogP contribution in [0.25, 0.3) is 0 Å². The standard InChI is InChI=1S/C14H20N4/c1-5-13-10(2)17-18(11(13)3)9-12-7-6-8-14(15-4)16-12/h6-8H,5,9H2,1-4H3,(H,15,16). The lowest BCUT2D eigenvalue weighted by molar-refractivity contribution is 0.646. The zero-order valence-corrected chi connectivity index (χ0v) is 11.5. The van der Waals surface area contributed by atoms with Crippen molar-refractivity contribution in [1.82, 2.24) is 14.8 Å². The maximum atomic E-state index is 4.59. The number of anilines is 1. The molecule has 0 saturated carbocycles. The summed E-state index contributed by atoms with van der Waals surface area (Å²) in [4.78, 5) is 4.52. The average molecular weight is 244 g/mol. The molecular formula is C14H20N4. The lowest BCUT2D eigenvalue weighted by Gasteiger charge is -2.06. The third-order valence-electron chi connectivity index (χ3n) is 3.26. The zero-order valence-electron chi connectivity index (χ0n) is 11.5. The monoisotopic (exact) mass is 244 g/mol. The number of nitrogens with one attached hydrogen (secondary N) is 1. The molecule has 0 unspecified atom stereocenters. The molecule has 96 valence electrons. The Morgan fingerprint density at radius 1 is 1.28 bits per heavy atom. The molecule has 0 atom stereocenters. The molecule has 0 aliphatic rings. The van der Waals surface area contributed by atoms with Gasteiger partial charge in [-0.15, -0.1) is 0 Å². The Balaban J connectivity index is 2.28. The van der Waals surface area contributed by atoms with Gasteiger partial charge in [-0.05, 0) is 38.0 Å². The van der Waals surface area contributed by atoms with Gasteiger partial charge in [-0.2, -0.15) is 5.10 Å².